The third-order valence-electron chi connectivity index (χ3n) is 2.78. The Balaban J connectivity index is 2.73. The monoisotopic (exact) mass is 282 g/mol. The summed E-state index contributed by atoms with van der Waals surface area (Å²) in [4.78, 5) is 0. The minimum atomic E-state index is 0.121. The lowest BCUT2D eigenvalue weighted by Gasteiger charge is -2.10. The fourth-order valence-corrected chi connectivity index (χ4v) is 2.84. The Bertz CT molecular complexity index is 433. The Kier molecular flexibility index (Phi) is 6.56. The highest BCUT2D eigenvalue weighted by atomic mass is 32.2. The lowest BCUT2D eigenvalue weighted by Crippen LogP contribution is -2.13. The zero-order chi connectivity index (χ0) is 14.3. The summed E-state index contributed by atoms with van der Waals surface area (Å²) < 4.78 is 5.34. The number of hydrogen-bond acceptors (Lipinski definition) is 4. The maximum Gasteiger partial charge on any atom is 0.170 e. The summed E-state index contributed by atoms with van der Waals surface area (Å²) in [5.41, 5.74) is 7.38. The van der Waals surface area contributed by atoms with Crippen LogP contribution in [0.25, 0.3) is 0 Å². The Morgan fingerprint density at radius 3 is 2.79 bits per heavy atom. The molecule has 3 N–H and O–H groups in total. The van der Waals surface area contributed by atoms with E-state index in [0.717, 1.165) is 28.7 Å². The van der Waals surface area contributed by atoms with Crippen molar-refractivity contribution >= 4 is 17.6 Å². The Morgan fingerprint density at radius 2 is 2.21 bits per heavy atom. The van der Waals surface area contributed by atoms with E-state index in [1.54, 1.807) is 13.2 Å². The number of amidine groups is 1. The summed E-state index contributed by atoms with van der Waals surface area (Å²) in [6, 6.07) is 5.55. The molecule has 19 heavy (non-hydrogen) atoms. The predicted octanol–water partition coefficient (Wildman–Crippen LogP) is 3.07. The van der Waals surface area contributed by atoms with Crippen molar-refractivity contribution in [2.75, 3.05) is 12.9 Å². The largest absolute Gasteiger partial charge is 0.496 e. The smallest absolute Gasteiger partial charge is 0.170 e. The molecule has 0 fully saturated rings. The van der Waals surface area contributed by atoms with Gasteiger partial charge < -0.3 is 15.7 Å². The van der Waals surface area contributed by atoms with E-state index in [1.165, 1.54) is 6.42 Å². The molecule has 0 spiro atoms. The minimum absolute atomic E-state index is 0.121. The van der Waals surface area contributed by atoms with Gasteiger partial charge in [0.25, 0.3) is 0 Å². The number of ether oxygens (including phenoxy) is 1. The van der Waals surface area contributed by atoms with Crippen LogP contribution in [0, 0.1) is 5.92 Å². The second kappa shape index (κ2) is 7.94. The zero-order valence-corrected chi connectivity index (χ0v) is 12.5. The van der Waals surface area contributed by atoms with E-state index in [4.69, 9.17) is 15.7 Å². The zero-order valence-electron chi connectivity index (χ0n) is 11.7. The van der Waals surface area contributed by atoms with Crippen molar-refractivity contribution < 1.29 is 9.94 Å². The molecule has 5 heteroatoms. The van der Waals surface area contributed by atoms with Crippen LogP contribution in [0.5, 0.6) is 5.75 Å². The summed E-state index contributed by atoms with van der Waals surface area (Å²) in [5, 5.41) is 11.7. The molecule has 1 rings (SSSR count). The fraction of sp³-hybridized carbons (Fsp3) is 0.500. The molecule has 1 aromatic rings. The van der Waals surface area contributed by atoms with E-state index in [1.807, 2.05) is 23.9 Å². The van der Waals surface area contributed by atoms with Crippen LogP contribution in [0.4, 0.5) is 0 Å². The highest BCUT2D eigenvalue weighted by Gasteiger charge is 2.07. The molecular formula is C14H22N2O2S. The van der Waals surface area contributed by atoms with Crippen molar-refractivity contribution in [3.05, 3.63) is 29.3 Å². The molecule has 0 radical (unpaired) electrons. The molecule has 1 aromatic carbocycles. The van der Waals surface area contributed by atoms with Crippen molar-refractivity contribution in [2.45, 2.75) is 26.0 Å². The van der Waals surface area contributed by atoms with Gasteiger partial charge in [-0.15, -0.1) is 0 Å². The van der Waals surface area contributed by atoms with Crippen LogP contribution in [-0.2, 0) is 5.75 Å². The van der Waals surface area contributed by atoms with Gasteiger partial charge in [-0.1, -0.05) is 19.0 Å². The van der Waals surface area contributed by atoms with Gasteiger partial charge in [-0.05, 0) is 36.3 Å². The molecule has 0 aromatic heterocycles. The first-order valence-corrected chi connectivity index (χ1v) is 7.46. The summed E-state index contributed by atoms with van der Waals surface area (Å²) in [5.74, 6) is 3.66. The Hall–Kier alpha value is -1.36. The van der Waals surface area contributed by atoms with Crippen molar-refractivity contribution in [3.63, 3.8) is 0 Å². The highest BCUT2D eigenvalue weighted by molar-refractivity contribution is 7.98. The molecule has 0 saturated carbocycles. The summed E-state index contributed by atoms with van der Waals surface area (Å²) in [7, 11) is 1.65. The first kappa shape index (κ1) is 15.7. The summed E-state index contributed by atoms with van der Waals surface area (Å²) in [6.07, 6.45) is 1.20. The van der Waals surface area contributed by atoms with E-state index >= 15 is 0 Å². The molecule has 0 aliphatic carbocycles. The minimum Gasteiger partial charge on any atom is -0.496 e. The number of nitrogens with two attached hydrogens (primary N) is 1. The van der Waals surface area contributed by atoms with Crippen LogP contribution in [0.1, 0.15) is 31.4 Å². The standard InChI is InChI=1S/C14H22N2O2S/c1-10(2)6-7-19-9-12-8-11(14(15)16-17)4-5-13(12)18-3/h4-5,8,10,17H,6-7,9H2,1-3H3,(H2,15,16). The number of nitrogens with zero attached hydrogens (tertiary/aromatic N) is 1. The van der Waals surface area contributed by atoms with Gasteiger partial charge in [0.2, 0.25) is 0 Å². The number of rotatable bonds is 7. The normalized spacial score (nSPS) is 11.9. The predicted molar refractivity (Wildman–Crippen MR) is 81.1 cm³/mol. The molecule has 0 amide bonds. The van der Waals surface area contributed by atoms with Gasteiger partial charge in [0.15, 0.2) is 5.84 Å². The van der Waals surface area contributed by atoms with E-state index in [0.29, 0.717) is 5.56 Å². The first-order valence-electron chi connectivity index (χ1n) is 6.31. The molecule has 106 valence electrons. The number of methoxy groups -OCH3 is 1. The molecule has 0 heterocycles. The van der Waals surface area contributed by atoms with Crippen LogP contribution in [-0.4, -0.2) is 23.9 Å². The highest BCUT2D eigenvalue weighted by Crippen LogP contribution is 2.25. The van der Waals surface area contributed by atoms with Crippen molar-refractivity contribution in [1.29, 1.82) is 0 Å². The van der Waals surface area contributed by atoms with E-state index in [9.17, 15) is 0 Å². The maximum atomic E-state index is 8.71. The van der Waals surface area contributed by atoms with Crippen molar-refractivity contribution in [1.82, 2.24) is 0 Å². The molecule has 0 unspecified atom stereocenters. The number of oxime groups is 1. The van der Waals surface area contributed by atoms with E-state index in [-0.39, 0.29) is 5.84 Å². The van der Waals surface area contributed by atoms with Crippen LogP contribution < -0.4 is 10.5 Å². The van der Waals surface area contributed by atoms with Gasteiger partial charge in [-0.3, -0.25) is 0 Å². The Morgan fingerprint density at radius 1 is 1.47 bits per heavy atom. The Labute approximate surface area is 119 Å². The van der Waals surface area contributed by atoms with Gasteiger partial charge in [0, 0.05) is 16.9 Å². The van der Waals surface area contributed by atoms with Gasteiger partial charge in [0.05, 0.1) is 7.11 Å². The van der Waals surface area contributed by atoms with Crippen LogP contribution in [0.3, 0.4) is 0 Å². The van der Waals surface area contributed by atoms with Crippen LogP contribution in [0.15, 0.2) is 23.4 Å². The lowest BCUT2D eigenvalue weighted by molar-refractivity contribution is 0.318. The SMILES string of the molecule is COc1ccc(/C(N)=N/O)cc1CSCCC(C)C. The molecule has 4 nitrogen and oxygen atoms in total. The summed E-state index contributed by atoms with van der Waals surface area (Å²) >= 11 is 1.87. The molecular weight excluding hydrogens is 260 g/mol. The molecule has 0 aliphatic heterocycles. The third kappa shape index (κ3) is 5.03. The average molecular weight is 282 g/mol. The van der Waals surface area contributed by atoms with Crippen LogP contribution in [0.2, 0.25) is 0 Å². The lowest BCUT2D eigenvalue weighted by atomic mass is 10.1. The van der Waals surface area contributed by atoms with Gasteiger partial charge >= 0.3 is 0 Å². The second-order valence-corrected chi connectivity index (χ2v) is 5.85. The fourth-order valence-electron chi connectivity index (χ4n) is 1.61. The maximum absolute atomic E-state index is 8.71. The topological polar surface area (TPSA) is 67.8 Å². The molecule has 0 atom stereocenters. The number of benzene rings is 1. The van der Waals surface area contributed by atoms with Crippen molar-refractivity contribution in [3.8, 4) is 5.75 Å². The molecule has 0 aliphatic rings. The quantitative estimate of drug-likeness (QED) is 0.265. The average Bonchev–Trinajstić information content (AvgIpc) is 2.42. The number of thioether (sulfide) groups is 1. The first-order chi connectivity index (χ1) is 9.08. The third-order valence-corrected chi connectivity index (χ3v) is 3.82. The van der Waals surface area contributed by atoms with Gasteiger partial charge in [0.1, 0.15) is 5.75 Å². The number of hydrogen-bond donors (Lipinski definition) is 2. The van der Waals surface area contributed by atoms with Crippen molar-refractivity contribution in [2.24, 2.45) is 16.8 Å². The van der Waals surface area contributed by atoms with E-state index in [2.05, 4.69) is 19.0 Å². The van der Waals surface area contributed by atoms with Gasteiger partial charge in [-0.2, -0.15) is 11.8 Å². The molecule has 0 bridgehead atoms. The van der Waals surface area contributed by atoms with Gasteiger partial charge in [-0.25, -0.2) is 0 Å². The second-order valence-electron chi connectivity index (χ2n) is 4.75. The molecule has 0 saturated heterocycles. The van der Waals surface area contributed by atoms with Crippen LogP contribution >= 0.6 is 11.8 Å². The van der Waals surface area contributed by atoms with E-state index < -0.39 is 0 Å². The summed E-state index contributed by atoms with van der Waals surface area (Å²) in [6.45, 7) is 4.44.